The minimum absolute atomic E-state index is 0.188. The predicted octanol–water partition coefficient (Wildman–Crippen LogP) is 4.64. The van der Waals surface area contributed by atoms with E-state index in [0.717, 1.165) is 12.0 Å². The van der Waals surface area contributed by atoms with E-state index in [9.17, 15) is 4.39 Å². The van der Waals surface area contributed by atoms with E-state index in [4.69, 9.17) is 0 Å². The van der Waals surface area contributed by atoms with Crippen LogP contribution in [0, 0.1) is 5.82 Å². The summed E-state index contributed by atoms with van der Waals surface area (Å²) in [4.78, 5) is 2.13. The van der Waals surface area contributed by atoms with Gasteiger partial charge in [-0.2, -0.15) is 0 Å². The summed E-state index contributed by atoms with van der Waals surface area (Å²) < 4.78 is 13.0. The lowest BCUT2D eigenvalue weighted by molar-refractivity contribution is 0.627. The van der Waals surface area contributed by atoms with Gasteiger partial charge in [-0.3, -0.25) is 0 Å². The maximum absolute atomic E-state index is 13.0. The largest absolute Gasteiger partial charge is 0.377 e. The molecule has 21 heavy (non-hydrogen) atoms. The lowest BCUT2D eigenvalue weighted by Crippen LogP contribution is -2.09. The topological polar surface area (TPSA) is 3.24 Å². The Bertz CT molecular complexity index is 760. The van der Waals surface area contributed by atoms with Crippen LogP contribution in [0.3, 0.4) is 0 Å². The zero-order chi connectivity index (χ0) is 14.8. The normalized spacial score (nSPS) is 10.8. The molecule has 0 aliphatic carbocycles. The van der Waals surface area contributed by atoms with Crippen molar-refractivity contribution in [2.75, 3.05) is 19.0 Å². The molecule has 2 heteroatoms. The van der Waals surface area contributed by atoms with Crippen LogP contribution in [0.15, 0.2) is 60.7 Å². The average molecular weight is 279 g/mol. The van der Waals surface area contributed by atoms with Crippen molar-refractivity contribution >= 4 is 16.5 Å². The van der Waals surface area contributed by atoms with Crippen molar-refractivity contribution in [3.05, 3.63) is 77.6 Å². The summed E-state index contributed by atoms with van der Waals surface area (Å²) in [5, 5.41) is 2.51. The van der Waals surface area contributed by atoms with Gasteiger partial charge in [0.1, 0.15) is 5.82 Å². The van der Waals surface area contributed by atoms with Crippen molar-refractivity contribution in [3.63, 3.8) is 0 Å². The van der Waals surface area contributed by atoms with Crippen LogP contribution in [0.2, 0.25) is 0 Å². The van der Waals surface area contributed by atoms with Crippen molar-refractivity contribution in [2.45, 2.75) is 6.42 Å². The van der Waals surface area contributed by atoms with E-state index in [0.29, 0.717) is 0 Å². The highest BCUT2D eigenvalue weighted by molar-refractivity contribution is 5.96. The Balaban J connectivity index is 2.07. The molecule has 0 saturated heterocycles. The number of benzene rings is 3. The number of hydrogen-bond donors (Lipinski definition) is 0. The van der Waals surface area contributed by atoms with Gasteiger partial charge in [0, 0.05) is 25.2 Å². The Morgan fingerprint density at radius 1 is 0.810 bits per heavy atom. The zero-order valence-corrected chi connectivity index (χ0v) is 12.3. The third-order valence-electron chi connectivity index (χ3n) is 3.78. The molecule has 106 valence electrons. The van der Waals surface area contributed by atoms with Crippen molar-refractivity contribution in [3.8, 4) is 0 Å². The standard InChI is InChI=1S/C19H18FN/c1-21(2)19-12-9-15(17-5-3-4-6-18(17)19)13-14-7-10-16(20)11-8-14/h3-12H,13H2,1-2H3. The average Bonchev–Trinajstić information content (AvgIpc) is 2.49. The lowest BCUT2D eigenvalue weighted by Gasteiger charge is -2.17. The molecule has 0 aromatic heterocycles. The second-order valence-electron chi connectivity index (χ2n) is 5.49. The molecule has 0 heterocycles. The van der Waals surface area contributed by atoms with Crippen molar-refractivity contribution in [1.82, 2.24) is 0 Å². The molecule has 3 aromatic rings. The number of fused-ring (bicyclic) bond motifs is 1. The van der Waals surface area contributed by atoms with E-state index in [1.807, 2.05) is 12.1 Å². The van der Waals surface area contributed by atoms with Crippen molar-refractivity contribution in [1.29, 1.82) is 0 Å². The van der Waals surface area contributed by atoms with Crippen LogP contribution in [-0.2, 0) is 6.42 Å². The summed E-state index contributed by atoms with van der Waals surface area (Å²) in [5.41, 5.74) is 3.61. The quantitative estimate of drug-likeness (QED) is 0.675. The highest BCUT2D eigenvalue weighted by Crippen LogP contribution is 2.29. The maximum Gasteiger partial charge on any atom is 0.123 e. The molecule has 0 N–H and O–H groups in total. The van der Waals surface area contributed by atoms with Crippen LogP contribution in [0.25, 0.3) is 10.8 Å². The van der Waals surface area contributed by atoms with Gasteiger partial charge in [0.25, 0.3) is 0 Å². The number of hydrogen-bond acceptors (Lipinski definition) is 1. The van der Waals surface area contributed by atoms with Crippen LogP contribution in [0.4, 0.5) is 10.1 Å². The smallest absolute Gasteiger partial charge is 0.123 e. The minimum Gasteiger partial charge on any atom is -0.377 e. The zero-order valence-electron chi connectivity index (χ0n) is 12.3. The maximum atomic E-state index is 13.0. The molecule has 0 spiro atoms. The molecule has 0 unspecified atom stereocenters. The molecule has 0 aliphatic rings. The first-order valence-electron chi connectivity index (χ1n) is 7.07. The van der Waals surface area contributed by atoms with Gasteiger partial charge in [-0.15, -0.1) is 0 Å². The van der Waals surface area contributed by atoms with Crippen LogP contribution in [0.5, 0.6) is 0 Å². The second kappa shape index (κ2) is 5.57. The number of rotatable bonds is 3. The summed E-state index contributed by atoms with van der Waals surface area (Å²) >= 11 is 0. The molecule has 0 fully saturated rings. The molecule has 0 atom stereocenters. The lowest BCUT2D eigenvalue weighted by atomic mass is 9.97. The van der Waals surface area contributed by atoms with Crippen LogP contribution < -0.4 is 4.90 Å². The van der Waals surface area contributed by atoms with Crippen LogP contribution >= 0.6 is 0 Å². The van der Waals surface area contributed by atoms with Gasteiger partial charge in [0.05, 0.1) is 0 Å². The molecule has 0 saturated carbocycles. The SMILES string of the molecule is CN(C)c1ccc(Cc2ccc(F)cc2)c2ccccc12. The van der Waals surface area contributed by atoms with Crippen molar-refractivity contribution < 1.29 is 4.39 Å². The molecule has 3 aromatic carbocycles. The summed E-state index contributed by atoms with van der Waals surface area (Å²) in [6.07, 6.45) is 0.814. The number of anilines is 1. The van der Waals surface area contributed by atoms with E-state index in [1.54, 1.807) is 0 Å². The molecule has 0 radical (unpaired) electrons. The van der Waals surface area contributed by atoms with Gasteiger partial charge in [-0.05, 0) is 41.1 Å². The van der Waals surface area contributed by atoms with Gasteiger partial charge in [-0.1, -0.05) is 42.5 Å². The molecule has 0 amide bonds. The van der Waals surface area contributed by atoms with Gasteiger partial charge >= 0.3 is 0 Å². The summed E-state index contributed by atoms with van der Waals surface area (Å²) in [5.74, 6) is -0.188. The van der Waals surface area contributed by atoms with E-state index in [2.05, 4.69) is 55.4 Å². The number of halogens is 1. The fourth-order valence-corrected chi connectivity index (χ4v) is 2.71. The first-order valence-corrected chi connectivity index (χ1v) is 7.07. The first kappa shape index (κ1) is 13.6. The fourth-order valence-electron chi connectivity index (χ4n) is 2.71. The van der Waals surface area contributed by atoms with E-state index in [-0.39, 0.29) is 5.82 Å². The van der Waals surface area contributed by atoms with Crippen LogP contribution in [-0.4, -0.2) is 14.1 Å². The second-order valence-corrected chi connectivity index (χ2v) is 5.49. The fraction of sp³-hybridized carbons (Fsp3) is 0.158. The monoisotopic (exact) mass is 279 g/mol. The third kappa shape index (κ3) is 2.75. The number of nitrogens with zero attached hydrogens (tertiary/aromatic N) is 1. The predicted molar refractivity (Wildman–Crippen MR) is 87.5 cm³/mol. The molecule has 3 rings (SSSR count). The van der Waals surface area contributed by atoms with Crippen LogP contribution in [0.1, 0.15) is 11.1 Å². The van der Waals surface area contributed by atoms with Gasteiger partial charge in [0.15, 0.2) is 0 Å². The Kier molecular flexibility index (Phi) is 3.61. The van der Waals surface area contributed by atoms with Gasteiger partial charge in [-0.25, -0.2) is 4.39 Å². The Morgan fingerprint density at radius 3 is 2.14 bits per heavy atom. The minimum atomic E-state index is -0.188. The summed E-state index contributed by atoms with van der Waals surface area (Å²) in [7, 11) is 4.11. The Morgan fingerprint density at radius 2 is 1.48 bits per heavy atom. The Labute approximate surface area is 124 Å². The van der Waals surface area contributed by atoms with Gasteiger partial charge < -0.3 is 4.90 Å². The highest BCUT2D eigenvalue weighted by atomic mass is 19.1. The van der Waals surface area contributed by atoms with E-state index >= 15 is 0 Å². The molecular weight excluding hydrogens is 261 g/mol. The van der Waals surface area contributed by atoms with E-state index in [1.165, 1.54) is 34.2 Å². The van der Waals surface area contributed by atoms with Crippen molar-refractivity contribution in [2.24, 2.45) is 0 Å². The Hall–Kier alpha value is -2.35. The van der Waals surface area contributed by atoms with E-state index < -0.39 is 0 Å². The summed E-state index contributed by atoms with van der Waals surface area (Å²) in [6.45, 7) is 0. The molecular formula is C19H18FN. The first-order chi connectivity index (χ1) is 10.1. The van der Waals surface area contributed by atoms with Gasteiger partial charge in [0.2, 0.25) is 0 Å². The third-order valence-corrected chi connectivity index (χ3v) is 3.78. The highest BCUT2D eigenvalue weighted by Gasteiger charge is 2.07. The summed E-state index contributed by atoms with van der Waals surface area (Å²) in [6, 6.07) is 19.5. The molecule has 0 aliphatic heterocycles. The molecule has 1 nitrogen and oxygen atoms in total. The molecule has 0 bridgehead atoms.